The van der Waals surface area contributed by atoms with Gasteiger partial charge in [-0.05, 0) is 38.0 Å². The summed E-state index contributed by atoms with van der Waals surface area (Å²) in [7, 11) is 1.75. The molecule has 6 nitrogen and oxygen atoms in total. The first-order valence-corrected chi connectivity index (χ1v) is 7.71. The fourth-order valence-electron chi connectivity index (χ4n) is 2.98. The third-order valence-corrected chi connectivity index (χ3v) is 4.03. The minimum Gasteiger partial charge on any atom is -0.352 e. The van der Waals surface area contributed by atoms with Gasteiger partial charge in [0.05, 0.1) is 5.69 Å². The topological polar surface area (TPSA) is 63.1 Å². The molecule has 1 atom stereocenters. The van der Waals surface area contributed by atoms with Crippen molar-refractivity contribution >= 4 is 11.7 Å². The zero-order chi connectivity index (χ0) is 16.4. The van der Waals surface area contributed by atoms with Crippen molar-refractivity contribution in [2.24, 2.45) is 7.05 Å². The molecule has 1 aliphatic heterocycles. The van der Waals surface area contributed by atoms with E-state index < -0.39 is 0 Å². The largest absolute Gasteiger partial charge is 0.352 e. The summed E-state index contributed by atoms with van der Waals surface area (Å²) in [5.74, 6) is -0.133. The maximum atomic E-state index is 13.9. The average Bonchev–Trinajstić information content (AvgIpc) is 2.87. The number of amides is 1. The molecule has 122 valence electrons. The van der Waals surface area contributed by atoms with E-state index in [9.17, 15) is 9.18 Å². The van der Waals surface area contributed by atoms with Gasteiger partial charge in [0.2, 0.25) is 0 Å². The van der Waals surface area contributed by atoms with Crippen molar-refractivity contribution in [2.45, 2.75) is 25.8 Å². The Morgan fingerprint density at radius 1 is 1.48 bits per heavy atom. The van der Waals surface area contributed by atoms with E-state index >= 15 is 0 Å². The first-order valence-electron chi connectivity index (χ1n) is 7.71. The van der Waals surface area contributed by atoms with Crippen molar-refractivity contribution in [2.75, 3.05) is 18.0 Å². The summed E-state index contributed by atoms with van der Waals surface area (Å²) in [6.45, 7) is 3.14. The van der Waals surface area contributed by atoms with E-state index in [2.05, 4.69) is 15.4 Å². The Balaban J connectivity index is 1.68. The number of pyridine rings is 1. The van der Waals surface area contributed by atoms with Gasteiger partial charge in [-0.15, -0.1) is 0 Å². The third-order valence-electron chi connectivity index (χ3n) is 4.03. The van der Waals surface area contributed by atoms with Crippen molar-refractivity contribution in [3.8, 4) is 0 Å². The number of hydrogen-bond acceptors (Lipinski definition) is 4. The molecule has 2 aromatic heterocycles. The van der Waals surface area contributed by atoms with E-state index in [-0.39, 0.29) is 17.8 Å². The molecule has 1 saturated heterocycles. The molecule has 0 bridgehead atoms. The summed E-state index contributed by atoms with van der Waals surface area (Å²) in [6, 6.07) is 4.71. The Morgan fingerprint density at radius 3 is 3.00 bits per heavy atom. The Hall–Kier alpha value is -2.44. The molecule has 3 heterocycles. The quantitative estimate of drug-likeness (QED) is 0.935. The van der Waals surface area contributed by atoms with Crippen molar-refractivity contribution in [1.82, 2.24) is 20.1 Å². The van der Waals surface area contributed by atoms with Crippen LogP contribution in [0.1, 0.15) is 29.0 Å². The lowest BCUT2D eigenvalue weighted by molar-refractivity contribution is 0.0923. The molecule has 1 N–H and O–H groups in total. The number of halogens is 1. The monoisotopic (exact) mass is 317 g/mol. The lowest BCUT2D eigenvalue weighted by Gasteiger charge is -2.34. The standard InChI is InChI=1S/C16H20FN5O/c1-11-9-14(21(2)20-11)16(23)19-12-5-4-8-22(10-12)15-13(17)6-3-7-18-15/h3,6-7,9,12H,4-5,8,10H2,1-2H3,(H,19,23). The Morgan fingerprint density at radius 2 is 2.30 bits per heavy atom. The highest BCUT2D eigenvalue weighted by Crippen LogP contribution is 2.20. The Labute approximate surface area is 134 Å². The van der Waals surface area contributed by atoms with Gasteiger partial charge in [0.25, 0.3) is 5.91 Å². The molecule has 0 spiro atoms. The van der Waals surface area contributed by atoms with Crippen LogP contribution in [0.2, 0.25) is 0 Å². The molecular weight excluding hydrogens is 297 g/mol. The summed E-state index contributed by atoms with van der Waals surface area (Å²) in [5, 5.41) is 7.20. The van der Waals surface area contributed by atoms with Gasteiger partial charge in [0.15, 0.2) is 11.6 Å². The fraction of sp³-hybridized carbons (Fsp3) is 0.438. The summed E-state index contributed by atoms with van der Waals surface area (Å²) in [4.78, 5) is 18.4. The van der Waals surface area contributed by atoms with Crippen LogP contribution in [0.3, 0.4) is 0 Å². The molecule has 1 fully saturated rings. The molecule has 1 amide bonds. The SMILES string of the molecule is Cc1cc(C(=O)NC2CCCN(c3ncccc3F)C2)n(C)n1. The lowest BCUT2D eigenvalue weighted by Crippen LogP contribution is -2.48. The van der Waals surface area contributed by atoms with Gasteiger partial charge in [-0.1, -0.05) is 0 Å². The van der Waals surface area contributed by atoms with Crippen LogP contribution >= 0.6 is 0 Å². The lowest BCUT2D eigenvalue weighted by atomic mass is 10.1. The zero-order valence-electron chi connectivity index (χ0n) is 13.3. The maximum absolute atomic E-state index is 13.9. The molecule has 1 unspecified atom stereocenters. The first kappa shape index (κ1) is 15.5. The van der Waals surface area contributed by atoms with Crippen molar-refractivity contribution in [3.63, 3.8) is 0 Å². The number of aryl methyl sites for hydroxylation is 2. The average molecular weight is 317 g/mol. The fourth-order valence-corrected chi connectivity index (χ4v) is 2.98. The summed E-state index contributed by atoms with van der Waals surface area (Å²) >= 11 is 0. The Bertz CT molecular complexity index is 714. The van der Waals surface area contributed by atoms with Crippen LogP contribution in [0.25, 0.3) is 0 Å². The number of carbonyl (C=O) groups excluding carboxylic acids is 1. The number of carbonyl (C=O) groups is 1. The van der Waals surface area contributed by atoms with Crippen LogP contribution in [0.5, 0.6) is 0 Å². The van der Waals surface area contributed by atoms with Crippen LogP contribution in [-0.2, 0) is 7.05 Å². The van der Waals surface area contributed by atoms with Crippen LogP contribution in [0.4, 0.5) is 10.2 Å². The van der Waals surface area contributed by atoms with Crippen molar-refractivity contribution < 1.29 is 9.18 Å². The van der Waals surface area contributed by atoms with Gasteiger partial charge in [-0.25, -0.2) is 9.37 Å². The molecule has 0 radical (unpaired) electrons. The highest BCUT2D eigenvalue weighted by molar-refractivity contribution is 5.92. The molecule has 7 heteroatoms. The molecule has 0 aliphatic carbocycles. The number of aromatic nitrogens is 3. The van der Waals surface area contributed by atoms with Gasteiger partial charge in [-0.3, -0.25) is 9.48 Å². The molecule has 0 saturated carbocycles. The summed E-state index contributed by atoms with van der Waals surface area (Å²) in [6.07, 6.45) is 3.33. The predicted octanol–water partition coefficient (Wildman–Crippen LogP) is 1.66. The number of piperidine rings is 1. The second-order valence-corrected chi connectivity index (χ2v) is 5.86. The van der Waals surface area contributed by atoms with Crippen molar-refractivity contribution in [3.05, 3.63) is 41.6 Å². The van der Waals surface area contributed by atoms with E-state index in [0.29, 0.717) is 18.1 Å². The number of nitrogens with one attached hydrogen (secondary N) is 1. The molecule has 0 aromatic carbocycles. The number of rotatable bonds is 3. The van der Waals surface area contributed by atoms with Crippen LogP contribution < -0.4 is 10.2 Å². The molecular formula is C16H20FN5O. The van der Waals surface area contributed by atoms with E-state index in [1.54, 1.807) is 30.1 Å². The number of hydrogen-bond donors (Lipinski definition) is 1. The maximum Gasteiger partial charge on any atom is 0.269 e. The Kier molecular flexibility index (Phi) is 4.27. The van der Waals surface area contributed by atoms with Crippen LogP contribution in [-0.4, -0.2) is 39.8 Å². The minimum absolute atomic E-state index is 0.0344. The molecule has 3 rings (SSSR count). The smallest absolute Gasteiger partial charge is 0.269 e. The second-order valence-electron chi connectivity index (χ2n) is 5.86. The van der Waals surface area contributed by atoms with E-state index in [1.807, 2.05) is 11.8 Å². The van der Waals surface area contributed by atoms with Crippen LogP contribution in [0.15, 0.2) is 24.4 Å². The molecule has 23 heavy (non-hydrogen) atoms. The van der Waals surface area contributed by atoms with Crippen LogP contribution in [0, 0.1) is 12.7 Å². The molecule has 1 aliphatic rings. The van der Waals surface area contributed by atoms with Crippen molar-refractivity contribution in [1.29, 1.82) is 0 Å². The second kappa shape index (κ2) is 6.36. The molecule has 2 aromatic rings. The van der Waals surface area contributed by atoms with E-state index in [0.717, 1.165) is 25.1 Å². The van der Waals surface area contributed by atoms with Gasteiger partial charge in [0, 0.05) is 32.4 Å². The van der Waals surface area contributed by atoms with Gasteiger partial charge in [0.1, 0.15) is 5.69 Å². The normalized spacial score (nSPS) is 18.0. The van der Waals surface area contributed by atoms with Gasteiger partial charge >= 0.3 is 0 Å². The van der Waals surface area contributed by atoms with E-state index in [1.165, 1.54) is 6.07 Å². The summed E-state index contributed by atoms with van der Waals surface area (Å²) in [5.41, 5.74) is 1.34. The van der Waals surface area contributed by atoms with E-state index in [4.69, 9.17) is 0 Å². The van der Waals surface area contributed by atoms with Gasteiger partial charge in [-0.2, -0.15) is 5.10 Å². The predicted molar refractivity (Wildman–Crippen MR) is 84.8 cm³/mol. The summed E-state index contributed by atoms with van der Waals surface area (Å²) < 4.78 is 15.5. The highest BCUT2D eigenvalue weighted by atomic mass is 19.1. The minimum atomic E-state index is -0.332. The van der Waals surface area contributed by atoms with Gasteiger partial charge < -0.3 is 10.2 Å². The highest BCUT2D eigenvalue weighted by Gasteiger charge is 2.25. The number of anilines is 1. The zero-order valence-corrected chi connectivity index (χ0v) is 13.3. The first-order chi connectivity index (χ1) is 11.0. The number of nitrogens with zero attached hydrogens (tertiary/aromatic N) is 4. The third kappa shape index (κ3) is 3.33.